The highest BCUT2D eigenvalue weighted by atomic mass is 16.7. The van der Waals surface area contributed by atoms with Crippen molar-refractivity contribution in [2.24, 2.45) is 23.2 Å². The molecule has 3 heteroatoms. The zero-order chi connectivity index (χ0) is 16.7. The van der Waals surface area contributed by atoms with Crippen molar-refractivity contribution >= 4 is 0 Å². The van der Waals surface area contributed by atoms with Crippen LogP contribution < -0.4 is 0 Å². The molecule has 0 N–H and O–H groups in total. The standard InChI is InChI=1S/C22H32O3/c1-20-8-5-17-16-6-10-22(23-11-2-12-24-22)13-15(16)3-4-18(17)19(20)7-9-21(20)14-25-21/h17-19H,2-14H2,1H3/t17?,18?,19?,20-,21+/m0/s1. The van der Waals surface area contributed by atoms with E-state index in [1.54, 1.807) is 5.57 Å². The summed E-state index contributed by atoms with van der Waals surface area (Å²) in [6, 6.07) is 0. The van der Waals surface area contributed by atoms with Crippen molar-refractivity contribution in [3.8, 4) is 0 Å². The summed E-state index contributed by atoms with van der Waals surface area (Å²) in [6.07, 6.45) is 12.6. The Hall–Kier alpha value is -0.380. The van der Waals surface area contributed by atoms with E-state index in [1.807, 2.05) is 5.57 Å². The zero-order valence-electron chi connectivity index (χ0n) is 15.6. The van der Waals surface area contributed by atoms with Crippen molar-refractivity contribution in [3.63, 3.8) is 0 Å². The Labute approximate surface area is 151 Å². The molecule has 2 heterocycles. The van der Waals surface area contributed by atoms with Gasteiger partial charge in [0.05, 0.1) is 25.4 Å². The van der Waals surface area contributed by atoms with Gasteiger partial charge in [0.15, 0.2) is 5.79 Å². The number of fused-ring (bicyclic) bond motifs is 5. The van der Waals surface area contributed by atoms with Crippen molar-refractivity contribution in [2.75, 3.05) is 19.8 Å². The maximum Gasteiger partial charge on any atom is 0.172 e. The molecule has 0 radical (unpaired) electrons. The normalized spacial score (nSPS) is 50.5. The van der Waals surface area contributed by atoms with E-state index in [1.165, 1.54) is 44.9 Å². The van der Waals surface area contributed by atoms with Gasteiger partial charge < -0.3 is 14.2 Å². The third-order valence-electron chi connectivity index (χ3n) is 9.18. The molecule has 0 bridgehead atoms. The van der Waals surface area contributed by atoms with E-state index in [9.17, 15) is 0 Å². The Kier molecular flexibility index (Phi) is 3.20. The van der Waals surface area contributed by atoms with E-state index >= 15 is 0 Å². The average Bonchev–Trinajstić information content (AvgIpc) is 3.36. The van der Waals surface area contributed by atoms with Crippen molar-refractivity contribution in [3.05, 3.63) is 11.1 Å². The van der Waals surface area contributed by atoms with E-state index in [4.69, 9.17) is 14.2 Å². The number of hydrogen-bond acceptors (Lipinski definition) is 3. The highest BCUT2D eigenvalue weighted by Crippen LogP contribution is 2.69. The Balaban J connectivity index is 1.28. The SMILES string of the molecule is C[C@]12CCC3C4=C(CCC3C1CC[C@@]21CO1)CC1(CC4)OCCCO1. The predicted octanol–water partition coefficient (Wildman–Crippen LogP) is 4.61. The summed E-state index contributed by atoms with van der Waals surface area (Å²) in [5, 5.41) is 0. The van der Waals surface area contributed by atoms with Gasteiger partial charge >= 0.3 is 0 Å². The van der Waals surface area contributed by atoms with E-state index in [0.29, 0.717) is 5.41 Å². The number of ether oxygens (including phenoxy) is 3. The number of epoxide rings is 1. The lowest BCUT2D eigenvalue weighted by molar-refractivity contribution is -0.272. The Morgan fingerprint density at radius 1 is 0.920 bits per heavy atom. The van der Waals surface area contributed by atoms with Crippen LogP contribution in [0.4, 0.5) is 0 Å². The van der Waals surface area contributed by atoms with Crippen LogP contribution in [0, 0.1) is 23.2 Å². The summed E-state index contributed by atoms with van der Waals surface area (Å²) in [5.74, 6) is 2.42. The van der Waals surface area contributed by atoms with Gasteiger partial charge in [-0.05, 0) is 69.1 Å². The fourth-order valence-corrected chi connectivity index (χ4v) is 7.71. The first kappa shape index (κ1) is 15.7. The minimum atomic E-state index is -0.258. The lowest BCUT2D eigenvalue weighted by Crippen LogP contribution is -2.48. The number of allylic oxidation sites excluding steroid dienone is 1. The molecule has 2 spiro atoms. The summed E-state index contributed by atoms with van der Waals surface area (Å²) < 4.78 is 18.3. The average molecular weight is 344 g/mol. The van der Waals surface area contributed by atoms with Crippen LogP contribution in [0.3, 0.4) is 0 Å². The largest absolute Gasteiger partial charge is 0.369 e. The molecule has 2 aliphatic heterocycles. The van der Waals surface area contributed by atoms with E-state index in [2.05, 4.69) is 6.92 Å². The Morgan fingerprint density at radius 3 is 2.56 bits per heavy atom. The summed E-state index contributed by atoms with van der Waals surface area (Å²) in [5.41, 5.74) is 4.31. The molecule has 4 aliphatic carbocycles. The molecule has 0 amide bonds. The highest BCUT2D eigenvalue weighted by molar-refractivity contribution is 5.29. The number of rotatable bonds is 0. The third kappa shape index (κ3) is 2.04. The molecule has 0 aromatic rings. The van der Waals surface area contributed by atoms with Crippen LogP contribution in [0.1, 0.15) is 71.1 Å². The minimum Gasteiger partial charge on any atom is -0.369 e. The van der Waals surface area contributed by atoms with Crippen molar-refractivity contribution in [2.45, 2.75) is 82.5 Å². The van der Waals surface area contributed by atoms with Gasteiger partial charge in [-0.15, -0.1) is 0 Å². The quantitative estimate of drug-likeness (QED) is 0.475. The highest BCUT2D eigenvalue weighted by Gasteiger charge is 2.68. The fourth-order valence-electron chi connectivity index (χ4n) is 7.71. The third-order valence-corrected chi connectivity index (χ3v) is 9.18. The van der Waals surface area contributed by atoms with Gasteiger partial charge in [-0.2, -0.15) is 0 Å². The smallest absolute Gasteiger partial charge is 0.172 e. The molecule has 25 heavy (non-hydrogen) atoms. The molecule has 0 aromatic carbocycles. The molecule has 138 valence electrons. The first-order valence-corrected chi connectivity index (χ1v) is 10.8. The second kappa shape index (κ2) is 5.11. The van der Waals surface area contributed by atoms with Gasteiger partial charge in [0.2, 0.25) is 0 Å². The van der Waals surface area contributed by atoms with Gasteiger partial charge in [-0.3, -0.25) is 0 Å². The molecule has 3 unspecified atom stereocenters. The fraction of sp³-hybridized carbons (Fsp3) is 0.909. The topological polar surface area (TPSA) is 31.0 Å². The van der Waals surface area contributed by atoms with Gasteiger partial charge in [0.25, 0.3) is 0 Å². The second-order valence-corrected chi connectivity index (χ2v) is 9.96. The van der Waals surface area contributed by atoms with Crippen LogP contribution >= 0.6 is 0 Å². The Morgan fingerprint density at radius 2 is 1.76 bits per heavy atom. The van der Waals surface area contributed by atoms with Crippen molar-refractivity contribution in [1.29, 1.82) is 0 Å². The maximum absolute atomic E-state index is 6.14. The van der Waals surface area contributed by atoms with Crippen LogP contribution in [-0.2, 0) is 14.2 Å². The van der Waals surface area contributed by atoms with Gasteiger partial charge in [-0.25, -0.2) is 0 Å². The van der Waals surface area contributed by atoms with Crippen LogP contribution in [0.5, 0.6) is 0 Å². The van der Waals surface area contributed by atoms with Crippen LogP contribution in [0.2, 0.25) is 0 Å². The zero-order valence-corrected chi connectivity index (χ0v) is 15.6. The van der Waals surface area contributed by atoms with Gasteiger partial charge in [-0.1, -0.05) is 18.1 Å². The monoisotopic (exact) mass is 344 g/mol. The van der Waals surface area contributed by atoms with Crippen LogP contribution in [-0.4, -0.2) is 31.2 Å². The molecule has 2 saturated carbocycles. The van der Waals surface area contributed by atoms with Gasteiger partial charge in [0, 0.05) is 18.3 Å². The first-order valence-electron chi connectivity index (χ1n) is 10.8. The molecule has 6 rings (SSSR count). The van der Waals surface area contributed by atoms with Gasteiger partial charge in [0.1, 0.15) is 0 Å². The molecule has 0 aromatic heterocycles. The molecule has 3 nitrogen and oxygen atoms in total. The molecule has 6 aliphatic rings. The van der Waals surface area contributed by atoms with Crippen molar-refractivity contribution < 1.29 is 14.2 Å². The molecule has 2 saturated heterocycles. The minimum absolute atomic E-state index is 0.258. The molecular formula is C22H32O3. The lowest BCUT2D eigenvalue weighted by Gasteiger charge is -2.53. The van der Waals surface area contributed by atoms with Crippen molar-refractivity contribution in [1.82, 2.24) is 0 Å². The van der Waals surface area contributed by atoms with E-state index in [0.717, 1.165) is 56.8 Å². The van der Waals surface area contributed by atoms with Crippen LogP contribution in [0.25, 0.3) is 0 Å². The summed E-state index contributed by atoms with van der Waals surface area (Å²) in [7, 11) is 0. The lowest BCUT2D eigenvalue weighted by atomic mass is 9.53. The second-order valence-electron chi connectivity index (χ2n) is 9.96. The predicted molar refractivity (Wildman–Crippen MR) is 95.1 cm³/mol. The van der Waals surface area contributed by atoms with E-state index in [-0.39, 0.29) is 11.4 Å². The summed E-state index contributed by atoms with van der Waals surface area (Å²) in [4.78, 5) is 0. The Bertz CT molecular complexity index is 613. The first-order chi connectivity index (χ1) is 12.1. The molecule has 5 atom stereocenters. The van der Waals surface area contributed by atoms with E-state index < -0.39 is 0 Å². The summed E-state index contributed by atoms with van der Waals surface area (Å²) >= 11 is 0. The maximum atomic E-state index is 6.14. The molecular weight excluding hydrogens is 312 g/mol. The van der Waals surface area contributed by atoms with Crippen LogP contribution in [0.15, 0.2) is 11.1 Å². The molecule has 4 fully saturated rings. The summed E-state index contributed by atoms with van der Waals surface area (Å²) in [6.45, 7) is 5.38. The number of hydrogen-bond donors (Lipinski definition) is 0.